The number of benzene rings is 1. The molecule has 15 heavy (non-hydrogen) atoms. The Hall–Kier alpha value is -0.990. The molecule has 1 aromatic heterocycles. The molecular formula is C12H15ClN2. The lowest BCUT2D eigenvalue weighted by Crippen LogP contribution is -2.16. The Bertz CT molecular complexity index is 473. The van der Waals surface area contributed by atoms with Crippen molar-refractivity contribution in [2.45, 2.75) is 19.9 Å². The van der Waals surface area contributed by atoms with E-state index in [2.05, 4.69) is 24.9 Å². The largest absolute Gasteiger partial charge is 0.360 e. The Labute approximate surface area is 94.4 Å². The van der Waals surface area contributed by atoms with E-state index in [1.807, 2.05) is 18.3 Å². The lowest BCUT2D eigenvalue weighted by molar-refractivity contribution is 0.517. The van der Waals surface area contributed by atoms with Gasteiger partial charge in [-0.15, -0.1) is 0 Å². The molecule has 0 fully saturated rings. The summed E-state index contributed by atoms with van der Waals surface area (Å²) >= 11 is 6.08. The number of halogens is 1. The number of aromatic nitrogens is 1. The molecule has 0 aliphatic rings. The molecule has 1 atom stereocenters. The Morgan fingerprint density at radius 2 is 2.07 bits per heavy atom. The van der Waals surface area contributed by atoms with Crippen LogP contribution in [0, 0.1) is 5.92 Å². The van der Waals surface area contributed by atoms with Gasteiger partial charge in [0.15, 0.2) is 0 Å². The second kappa shape index (κ2) is 3.87. The average Bonchev–Trinajstić information content (AvgIpc) is 2.61. The van der Waals surface area contributed by atoms with Crippen LogP contribution in [0.2, 0.25) is 5.02 Å². The van der Waals surface area contributed by atoms with E-state index in [1.165, 1.54) is 0 Å². The van der Waals surface area contributed by atoms with Crippen LogP contribution in [0.5, 0.6) is 0 Å². The van der Waals surface area contributed by atoms with Gasteiger partial charge in [-0.25, -0.2) is 0 Å². The molecule has 3 N–H and O–H groups in total. The van der Waals surface area contributed by atoms with Gasteiger partial charge in [-0.2, -0.15) is 0 Å². The van der Waals surface area contributed by atoms with Gasteiger partial charge in [-0.3, -0.25) is 0 Å². The molecule has 80 valence electrons. The highest BCUT2D eigenvalue weighted by atomic mass is 35.5. The van der Waals surface area contributed by atoms with Crippen molar-refractivity contribution in [3.05, 3.63) is 35.0 Å². The van der Waals surface area contributed by atoms with Crippen LogP contribution < -0.4 is 5.73 Å². The van der Waals surface area contributed by atoms with Gasteiger partial charge < -0.3 is 10.7 Å². The minimum Gasteiger partial charge on any atom is -0.360 e. The van der Waals surface area contributed by atoms with Crippen molar-refractivity contribution in [1.82, 2.24) is 4.98 Å². The SMILES string of the molecule is CC(C)C(N)c1c[nH]c2c(Cl)cccc12. The molecule has 2 aromatic rings. The standard InChI is InChI=1S/C12H15ClN2/c1-7(2)11(14)9-6-15-12-8(9)4-3-5-10(12)13/h3-7,11,15H,14H2,1-2H3. The number of para-hydroxylation sites is 1. The predicted octanol–water partition coefficient (Wildman–Crippen LogP) is 3.48. The van der Waals surface area contributed by atoms with Crippen LogP contribution in [0.4, 0.5) is 0 Å². The quantitative estimate of drug-likeness (QED) is 0.803. The van der Waals surface area contributed by atoms with E-state index in [-0.39, 0.29) is 6.04 Å². The number of nitrogens with two attached hydrogens (primary N) is 1. The summed E-state index contributed by atoms with van der Waals surface area (Å²) < 4.78 is 0. The number of hydrogen-bond donors (Lipinski definition) is 2. The van der Waals surface area contributed by atoms with E-state index < -0.39 is 0 Å². The molecule has 0 saturated carbocycles. The molecule has 0 amide bonds. The summed E-state index contributed by atoms with van der Waals surface area (Å²) in [6, 6.07) is 5.94. The Kier molecular flexibility index (Phi) is 2.72. The molecule has 2 rings (SSSR count). The number of fused-ring (bicyclic) bond motifs is 1. The zero-order valence-electron chi connectivity index (χ0n) is 8.92. The van der Waals surface area contributed by atoms with Gasteiger partial charge in [0.05, 0.1) is 10.5 Å². The highest BCUT2D eigenvalue weighted by Crippen LogP contribution is 2.30. The molecule has 0 aliphatic heterocycles. The lowest BCUT2D eigenvalue weighted by Gasteiger charge is -2.14. The normalized spacial score (nSPS) is 13.7. The van der Waals surface area contributed by atoms with Crippen LogP contribution in [0.3, 0.4) is 0 Å². The summed E-state index contributed by atoms with van der Waals surface area (Å²) in [5.41, 5.74) is 8.25. The van der Waals surface area contributed by atoms with Crippen LogP contribution in [0.1, 0.15) is 25.5 Å². The Balaban J connectivity index is 2.59. The second-order valence-electron chi connectivity index (χ2n) is 4.18. The first kappa shape index (κ1) is 10.5. The van der Waals surface area contributed by atoms with Gasteiger partial charge in [-0.05, 0) is 17.5 Å². The minimum atomic E-state index is 0.0530. The van der Waals surface area contributed by atoms with Gasteiger partial charge in [0.2, 0.25) is 0 Å². The van der Waals surface area contributed by atoms with E-state index in [9.17, 15) is 0 Å². The molecule has 1 aromatic carbocycles. The van der Waals surface area contributed by atoms with E-state index >= 15 is 0 Å². The molecule has 1 unspecified atom stereocenters. The van der Waals surface area contributed by atoms with E-state index in [1.54, 1.807) is 0 Å². The van der Waals surface area contributed by atoms with Gasteiger partial charge >= 0.3 is 0 Å². The van der Waals surface area contributed by atoms with Crippen molar-refractivity contribution in [2.24, 2.45) is 11.7 Å². The van der Waals surface area contributed by atoms with Gasteiger partial charge in [0.1, 0.15) is 0 Å². The van der Waals surface area contributed by atoms with Crippen molar-refractivity contribution in [3.8, 4) is 0 Å². The highest BCUT2D eigenvalue weighted by molar-refractivity contribution is 6.35. The summed E-state index contributed by atoms with van der Waals surface area (Å²) in [5.74, 6) is 0.419. The van der Waals surface area contributed by atoms with Crippen molar-refractivity contribution in [2.75, 3.05) is 0 Å². The monoisotopic (exact) mass is 222 g/mol. The maximum absolute atomic E-state index is 6.14. The second-order valence-corrected chi connectivity index (χ2v) is 4.58. The van der Waals surface area contributed by atoms with Crippen molar-refractivity contribution in [3.63, 3.8) is 0 Å². The summed E-state index contributed by atoms with van der Waals surface area (Å²) in [7, 11) is 0. The fourth-order valence-electron chi connectivity index (χ4n) is 1.77. The number of aromatic amines is 1. The van der Waals surface area contributed by atoms with Gasteiger partial charge in [-0.1, -0.05) is 37.6 Å². The summed E-state index contributed by atoms with van der Waals surface area (Å²) in [6.07, 6.45) is 1.96. The van der Waals surface area contributed by atoms with E-state index in [4.69, 9.17) is 17.3 Å². The maximum Gasteiger partial charge on any atom is 0.0647 e. The van der Waals surface area contributed by atoms with Gasteiger partial charge in [0, 0.05) is 17.6 Å². The maximum atomic E-state index is 6.14. The molecule has 0 saturated heterocycles. The number of hydrogen-bond acceptors (Lipinski definition) is 1. The van der Waals surface area contributed by atoms with Crippen LogP contribution in [0.25, 0.3) is 10.9 Å². The molecule has 0 spiro atoms. The summed E-state index contributed by atoms with van der Waals surface area (Å²) in [6.45, 7) is 4.24. The number of rotatable bonds is 2. The fraction of sp³-hybridized carbons (Fsp3) is 0.333. The van der Waals surface area contributed by atoms with Crippen molar-refractivity contribution in [1.29, 1.82) is 0 Å². The average molecular weight is 223 g/mol. The van der Waals surface area contributed by atoms with Crippen molar-refractivity contribution >= 4 is 22.5 Å². The minimum absolute atomic E-state index is 0.0530. The smallest absolute Gasteiger partial charge is 0.0647 e. The molecule has 0 aliphatic carbocycles. The molecule has 3 heteroatoms. The van der Waals surface area contributed by atoms with Crippen LogP contribution >= 0.6 is 11.6 Å². The third-order valence-corrected chi connectivity index (χ3v) is 3.09. The topological polar surface area (TPSA) is 41.8 Å². The summed E-state index contributed by atoms with van der Waals surface area (Å²) in [4.78, 5) is 3.18. The van der Waals surface area contributed by atoms with Crippen LogP contribution in [-0.4, -0.2) is 4.98 Å². The Morgan fingerprint density at radius 3 is 2.73 bits per heavy atom. The van der Waals surface area contributed by atoms with E-state index in [0.717, 1.165) is 21.5 Å². The van der Waals surface area contributed by atoms with Crippen LogP contribution in [0.15, 0.2) is 24.4 Å². The molecule has 0 radical (unpaired) electrons. The molecule has 2 nitrogen and oxygen atoms in total. The Morgan fingerprint density at radius 1 is 1.33 bits per heavy atom. The third-order valence-electron chi connectivity index (χ3n) is 2.77. The molecular weight excluding hydrogens is 208 g/mol. The highest BCUT2D eigenvalue weighted by Gasteiger charge is 2.15. The first-order valence-corrected chi connectivity index (χ1v) is 5.50. The number of H-pyrrole nitrogens is 1. The molecule has 0 bridgehead atoms. The summed E-state index contributed by atoms with van der Waals surface area (Å²) in [5, 5.41) is 1.87. The van der Waals surface area contributed by atoms with Gasteiger partial charge in [0.25, 0.3) is 0 Å². The predicted molar refractivity (Wildman–Crippen MR) is 65.1 cm³/mol. The first-order valence-electron chi connectivity index (χ1n) is 5.12. The third kappa shape index (κ3) is 1.75. The van der Waals surface area contributed by atoms with Crippen molar-refractivity contribution < 1.29 is 0 Å². The van der Waals surface area contributed by atoms with E-state index in [0.29, 0.717) is 5.92 Å². The zero-order chi connectivity index (χ0) is 11.0. The zero-order valence-corrected chi connectivity index (χ0v) is 9.68. The number of nitrogens with one attached hydrogen (secondary N) is 1. The fourth-order valence-corrected chi connectivity index (χ4v) is 2.00. The van der Waals surface area contributed by atoms with Crippen LogP contribution in [-0.2, 0) is 0 Å². The first-order chi connectivity index (χ1) is 7.11. The molecule has 1 heterocycles. The lowest BCUT2D eigenvalue weighted by atomic mass is 9.97.